The normalized spacial score (nSPS) is 26.2. The van der Waals surface area contributed by atoms with Gasteiger partial charge in [-0.25, -0.2) is 0 Å². The average Bonchev–Trinajstić information content (AvgIpc) is 0.781. The number of ether oxygens (including phenoxy) is 6. The molecule has 105 heavy (non-hydrogen) atoms. The number of unbranched alkanes of at least 4 members (excludes halogenated alkanes) is 39. The second-order valence-corrected chi connectivity index (χ2v) is 29.9. The largest absolute Gasteiger partial charge is 0.394 e. The molecule has 17 atom stereocenters. The van der Waals surface area contributed by atoms with E-state index in [1.807, 2.05) is 6.08 Å². The highest BCUT2D eigenvalue weighted by Crippen LogP contribution is 2.33. The smallest absolute Gasteiger partial charge is 0.220 e. The Morgan fingerprint density at radius 3 is 1.07 bits per heavy atom. The van der Waals surface area contributed by atoms with Crippen molar-refractivity contribution in [2.24, 2.45) is 0 Å². The van der Waals surface area contributed by atoms with Gasteiger partial charge in [0.2, 0.25) is 5.91 Å². The van der Waals surface area contributed by atoms with Crippen LogP contribution in [0.5, 0.6) is 0 Å². The molecular formula is C86H153NO18. The van der Waals surface area contributed by atoms with E-state index in [-0.39, 0.29) is 18.9 Å². The van der Waals surface area contributed by atoms with Crippen LogP contribution < -0.4 is 5.32 Å². The van der Waals surface area contributed by atoms with Crippen LogP contribution in [0.1, 0.15) is 322 Å². The molecule has 3 rings (SSSR count). The molecule has 19 nitrogen and oxygen atoms in total. The predicted molar refractivity (Wildman–Crippen MR) is 420 cm³/mol. The van der Waals surface area contributed by atoms with Crippen LogP contribution in [0.2, 0.25) is 0 Å². The molecule has 3 aliphatic rings. The maximum atomic E-state index is 13.5. The number of hydrogen-bond donors (Lipinski definition) is 12. The van der Waals surface area contributed by atoms with Crippen LogP contribution in [0.4, 0.5) is 0 Å². The molecule has 17 unspecified atom stereocenters. The highest BCUT2D eigenvalue weighted by Gasteiger charge is 2.54. The number of carbonyl (C=O) groups excluding carboxylic acids is 1. The van der Waals surface area contributed by atoms with Crippen molar-refractivity contribution >= 4 is 5.91 Å². The third-order valence-corrected chi connectivity index (χ3v) is 20.7. The van der Waals surface area contributed by atoms with Crippen LogP contribution in [0.3, 0.4) is 0 Å². The summed E-state index contributed by atoms with van der Waals surface area (Å²) in [5, 5.41) is 121. The molecule has 0 spiro atoms. The van der Waals surface area contributed by atoms with Gasteiger partial charge in [-0.2, -0.15) is 0 Å². The van der Waals surface area contributed by atoms with Gasteiger partial charge in [-0.15, -0.1) is 0 Å². The molecular weight excluding hydrogens is 1330 g/mol. The van der Waals surface area contributed by atoms with Gasteiger partial charge >= 0.3 is 0 Å². The quantitative estimate of drug-likeness (QED) is 0.0199. The lowest BCUT2D eigenvalue weighted by molar-refractivity contribution is -0.379. The minimum absolute atomic E-state index is 0.232. The van der Waals surface area contributed by atoms with E-state index in [1.165, 1.54) is 218 Å². The minimum Gasteiger partial charge on any atom is -0.394 e. The molecule has 0 aliphatic carbocycles. The average molecular weight is 1490 g/mol. The molecule has 0 aromatic rings. The summed E-state index contributed by atoms with van der Waals surface area (Å²) >= 11 is 0. The topological polar surface area (TPSA) is 307 Å². The molecule has 12 N–H and O–H groups in total. The number of allylic oxidation sites excluding steroid dienone is 13. The van der Waals surface area contributed by atoms with E-state index in [9.17, 15) is 61.0 Å². The zero-order valence-corrected chi connectivity index (χ0v) is 65.4. The molecule has 610 valence electrons. The van der Waals surface area contributed by atoms with E-state index in [0.29, 0.717) is 12.8 Å². The number of aliphatic hydroxyl groups is 11. The zero-order chi connectivity index (χ0) is 76.0. The highest BCUT2D eigenvalue weighted by molar-refractivity contribution is 5.76. The van der Waals surface area contributed by atoms with Gasteiger partial charge in [-0.05, 0) is 83.5 Å². The van der Waals surface area contributed by atoms with Crippen molar-refractivity contribution in [2.75, 3.05) is 26.4 Å². The van der Waals surface area contributed by atoms with E-state index in [4.69, 9.17) is 28.4 Å². The summed E-state index contributed by atoms with van der Waals surface area (Å²) in [5.41, 5.74) is 0. The molecule has 3 heterocycles. The SMILES string of the molecule is CC/C=C\C/C=C\C/C=C\C/C=C\CCCCCCCCCCCCCCCCCCCCCCCCC(=O)NC(COC1OC(CO)C(OC2OC(CO)C(OC3OC(CO)C(O)C(O)C3O)C(O)C2O)C(O)C1O)C(O)/C=C/CC/C=C/CC/C=C/CCCCCCCCCCCCCCCCC. The standard InChI is InChI=1S/C86H153NO18/c1-3-5-7-9-11-13-15-17-19-21-23-25-27-29-30-31-32-33-34-35-36-37-38-40-42-44-46-48-50-52-54-56-58-60-62-64-74(92)87-69(70(91)63-61-59-57-55-53-51-49-47-45-43-41-39-28-26-24-22-20-18-16-14-12-10-8-6-4-2)68-100-84-80(98)77(95)82(72(66-89)102-84)105-86-81(99)78(96)83(73(67-90)103-86)104-85-79(97)76(94)75(93)71(65-88)101-85/h5,7,11,13,17,19,23,25,45,47,53,55,61,63,69-73,75-86,88-91,93-99H,3-4,6,8-10,12,14-16,18,20-22,24,26-44,46,48-52,54,56-60,62,64-68H2,1-2H3,(H,87,92)/b7-5-,13-11-,19-17-,25-23-,47-45+,55-53+,63-61+. The van der Waals surface area contributed by atoms with Crippen LogP contribution in [-0.4, -0.2) is 193 Å². The van der Waals surface area contributed by atoms with Gasteiger partial charge in [-0.1, -0.05) is 317 Å². The van der Waals surface area contributed by atoms with Gasteiger partial charge in [0.15, 0.2) is 18.9 Å². The maximum Gasteiger partial charge on any atom is 0.220 e. The van der Waals surface area contributed by atoms with Crippen molar-refractivity contribution in [1.82, 2.24) is 5.32 Å². The Bertz CT molecular complexity index is 2230. The number of rotatable bonds is 67. The summed E-state index contributed by atoms with van der Waals surface area (Å²) in [4.78, 5) is 13.5. The lowest BCUT2D eigenvalue weighted by Gasteiger charge is -2.48. The van der Waals surface area contributed by atoms with Gasteiger partial charge in [0.25, 0.3) is 0 Å². The van der Waals surface area contributed by atoms with E-state index in [2.05, 4.69) is 92.1 Å². The number of amides is 1. The summed E-state index contributed by atoms with van der Waals surface area (Å²) in [7, 11) is 0. The first-order valence-electron chi connectivity index (χ1n) is 42.3. The molecule has 19 heteroatoms. The van der Waals surface area contributed by atoms with Gasteiger partial charge in [0, 0.05) is 6.42 Å². The first-order chi connectivity index (χ1) is 51.3. The first-order valence-corrected chi connectivity index (χ1v) is 42.3. The fraction of sp³-hybridized carbons (Fsp3) is 0.826. The minimum atomic E-state index is -1.99. The fourth-order valence-corrected chi connectivity index (χ4v) is 13.9. The van der Waals surface area contributed by atoms with E-state index in [0.717, 1.165) is 70.6 Å². The molecule has 3 aliphatic heterocycles. The Hall–Kier alpha value is -3.03. The van der Waals surface area contributed by atoms with Crippen molar-refractivity contribution in [3.63, 3.8) is 0 Å². The molecule has 0 aromatic heterocycles. The van der Waals surface area contributed by atoms with Crippen LogP contribution in [0.15, 0.2) is 85.1 Å². The summed E-state index contributed by atoms with van der Waals surface area (Å²) in [6.07, 6.45) is 61.6. The number of carbonyl (C=O) groups is 1. The van der Waals surface area contributed by atoms with Crippen molar-refractivity contribution in [1.29, 1.82) is 0 Å². The molecule has 0 bridgehead atoms. The Morgan fingerprint density at radius 2 is 0.667 bits per heavy atom. The summed E-state index contributed by atoms with van der Waals surface area (Å²) in [6.45, 7) is 1.63. The second kappa shape index (κ2) is 65.7. The third kappa shape index (κ3) is 45.2. The van der Waals surface area contributed by atoms with E-state index in [1.54, 1.807) is 6.08 Å². The number of aliphatic hydroxyl groups excluding tert-OH is 11. The summed E-state index contributed by atoms with van der Waals surface area (Å²) in [6, 6.07) is -1.00. The first kappa shape index (κ1) is 96.2. The van der Waals surface area contributed by atoms with Crippen LogP contribution in [-0.2, 0) is 33.2 Å². The molecule has 0 radical (unpaired) electrons. The predicted octanol–water partition coefficient (Wildman–Crippen LogP) is 15.0. The summed E-state index contributed by atoms with van der Waals surface area (Å²) in [5.74, 6) is -0.286. The Kier molecular flexibility index (Phi) is 60.1. The van der Waals surface area contributed by atoms with E-state index >= 15 is 0 Å². The fourth-order valence-electron chi connectivity index (χ4n) is 13.9. The lowest BCUT2D eigenvalue weighted by Crippen LogP contribution is -2.66. The van der Waals surface area contributed by atoms with Gasteiger partial charge in [0.05, 0.1) is 38.6 Å². The Labute approximate surface area is 635 Å². The highest BCUT2D eigenvalue weighted by atomic mass is 16.8. The molecule has 1 amide bonds. The lowest BCUT2D eigenvalue weighted by atomic mass is 9.96. The molecule has 3 saturated heterocycles. The molecule has 0 aromatic carbocycles. The number of hydrogen-bond acceptors (Lipinski definition) is 18. The van der Waals surface area contributed by atoms with Crippen LogP contribution in [0.25, 0.3) is 0 Å². The van der Waals surface area contributed by atoms with Crippen LogP contribution >= 0.6 is 0 Å². The third-order valence-electron chi connectivity index (χ3n) is 20.7. The Morgan fingerprint density at radius 1 is 0.352 bits per heavy atom. The van der Waals surface area contributed by atoms with Crippen molar-refractivity contribution in [2.45, 2.75) is 426 Å². The van der Waals surface area contributed by atoms with E-state index < -0.39 is 124 Å². The molecule has 3 fully saturated rings. The van der Waals surface area contributed by atoms with Crippen molar-refractivity contribution < 1.29 is 89.4 Å². The zero-order valence-electron chi connectivity index (χ0n) is 65.4. The van der Waals surface area contributed by atoms with Gasteiger partial charge in [-0.3, -0.25) is 4.79 Å². The second-order valence-electron chi connectivity index (χ2n) is 29.9. The summed E-state index contributed by atoms with van der Waals surface area (Å²) < 4.78 is 34.5. The molecule has 0 saturated carbocycles. The van der Waals surface area contributed by atoms with Crippen LogP contribution in [0, 0.1) is 0 Å². The maximum absolute atomic E-state index is 13.5. The number of nitrogens with one attached hydrogen (secondary N) is 1. The van der Waals surface area contributed by atoms with Crippen molar-refractivity contribution in [3.8, 4) is 0 Å². The Balaban J connectivity index is 1.35. The van der Waals surface area contributed by atoms with Gasteiger partial charge < -0.3 is 89.9 Å². The van der Waals surface area contributed by atoms with Gasteiger partial charge in [0.1, 0.15) is 73.2 Å². The monoisotopic (exact) mass is 1490 g/mol. The van der Waals surface area contributed by atoms with Crippen molar-refractivity contribution in [3.05, 3.63) is 85.1 Å².